The van der Waals surface area contributed by atoms with Gasteiger partial charge in [0.05, 0.1) is 5.25 Å². The molecule has 1 fully saturated rings. The fourth-order valence-electron chi connectivity index (χ4n) is 3.06. The Balaban J connectivity index is 1.69. The van der Waals surface area contributed by atoms with E-state index in [0.717, 1.165) is 12.8 Å². The van der Waals surface area contributed by atoms with Crippen molar-refractivity contribution in [1.29, 1.82) is 0 Å². The van der Waals surface area contributed by atoms with Crippen LogP contribution < -0.4 is 5.32 Å². The Hall–Kier alpha value is -1.49. The Kier molecular flexibility index (Phi) is 4.19. The van der Waals surface area contributed by atoms with Gasteiger partial charge in [-0.15, -0.1) is 11.8 Å². The van der Waals surface area contributed by atoms with E-state index in [1.54, 1.807) is 11.8 Å². The van der Waals surface area contributed by atoms with Crippen molar-refractivity contribution in [3.8, 4) is 0 Å². The third-order valence-electron chi connectivity index (χ3n) is 4.15. The van der Waals surface area contributed by atoms with Gasteiger partial charge in [0.2, 0.25) is 5.91 Å². The van der Waals surface area contributed by atoms with E-state index >= 15 is 0 Å². The Morgan fingerprint density at radius 2 is 2.24 bits per heavy atom. The average Bonchev–Trinajstić information content (AvgIpc) is 2.93. The van der Waals surface area contributed by atoms with Crippen LogP contribution in [0.2, 0.25) is 0 Å². The minimum atomic E-state index is -0.253. The molecule has 0 aromatic heterocycles. The molecule has 4 nitrogen and oxygen atoms in total. The predicted octanol–water partition coefficient (Wildman–Crippen LogP) is 2.74. The molecule has 1 saturated heterocycles. The fourth-order valence-corrected chi connectivity index (χ4v) is 4.47. The zero-order chi connectivity index (χ0) is 14.8. The average molecular weight is 304 g/mol. The first kappa shape index (κ1) is 14.4. The lowest BCUT2D eigenvalue weighted by molar-refractivity contribution is -0.126. The largest absolute Gasteiger partial charge is 0.336 e. The van der Waals surface area contributed by atoms with Crippen molar-refractivity contribution >= 4 is 23.7 Å². The summed E-state index contributed by atoms with van der Waals surface area (Å²) < 4.78 is 0. The van der Waals surface area contributed by atoms with E-state index in [1.807, 2.05) is 6.92 Å². The molecule has 0 radical (unpaired) electrons. The number of rotatable bonds is 3. The van der Waals surface area contributed by atoms with E-state index in [4.69, 9.17) is 0 Å². The van der Waals surface area contributed by atoms with Gasteiger partial charge in [0, 0.05) is 18.3 Å². The lowest BCUT2D eigenvalue weighted by Gasteiger charge is -2.28. The number of carbonyl (C=O) groups excluding carboxylic acids is 2. The third kappa shape index (κ3) is 2.93. The van der Waals surface area contributed by atoms with Crippen molar-refractivity contribution in [2.24, 2.45) is 0 Å². The van der Waals surface area contributed by atoms with Gasteiger partial charge in [0.25, 0.3) is 0 Å². The van der Waals surface area contributed by atoms with Gasteiger partial charge < -0.3 is 5.32 Å². The van der Waals surface area contributed by atoms with Gasteiger partial charge in [0.15, 0.2) is 0 Å². The number of thioether (sulfide) groups is 1. The second kappa shape index (κ2) is 6.10. The Labute approximate surface area is 129 Å². The number of aryl methyl sites for hydroxylation is 1. The monoisotopic (exact) mass is 304 g/mol. The molecule has 0 bridgehead atoms. The highest BCUT2D eigenvalue weighted by atomic mass is 32.2. The lowest BCUT2D eigenvalue weighted by Crippen LogP contribution is -2.39. The van der Waals surface area contributed by atoms with Crippen LogP contribution in [0.1, 0.15) is 36.1 Å². The van der Waals surface area contributed by atoms with Crippen molar-refractivity contribution in [2.45, 2.75) is 36.7 Å². The summed E-state index contributed by atoms with van der Waals surface area (Å²) in [7, 11) is 0. The first-order valence-electron chi connectivity index (χ1n) is 7.49. The van der Waals surface area contributed by atoms with Crippen molar-refractivity contribution in [1.82, 2.24) is 10.2 Å². The minimum Gasteiger partial charge on any atom is -0.336 e. The number of nitrogens with zero attached hydrogens (tertiary/aromatic N) is 1. The van der Waals surface area contributed by atoms with Gasteiger partial charge in [-0.1, -0.05) is 24.3 Å². The highest BCUT2D eigenvalue weighted by Gasteiger charge is 2.32. The number of urea groups is 1. The molecule has 1 aromatic rings. The zero-order valence-electron chi connectivity index (χ0n) is 12.2. The maximum atomic E-state index is 12.4. The van der Waals surface area contributed by atoms with Gasteiger partial charge in [-0.25, -0.2) is 4.79 Å². The summed E-state index contributed by atoms with van der Waals surface area (Å²) >= 11 is 1.69. The first-order chi connectivity index (χ1) is 10.2. The molecule has 0 saturated carbocycles. The molecule has 21 heavy (non-hydrogen) atoms. The minimum absolute atomic E-state index is 0.0712. The molecule has 1 aliphatic carbocycles. The van der Waals surface area contributed by atoms with Crippen molar-refractivity contribution < 1.29 is 9.59 Å². The quantitative estimate of drug-likeness (QED) is 0.934. The van der Waals surface area contributed by atoms with E-state index in [9.17, 15) is 9.59 Å². The Morgan fingerprint density at radius 1 is 1.43 bits per heavy atom. The summed E-state index contributed by atoms with van der Waals surface area (Å²) in [5, 5.41) is 2.85. The Morgan fingerprint density at radius 3 is 3.00 bits per heavy atom. The van der Waals surface area contributed by atoms with Crippen LogP contribution in [0, 0.1) is 0 Å². The molecule has 0 unspecified atom stereocenters. The first-order valence-corrected chi connectivity index (χ1v) is 8.43. The van der Waals surface area contributed by atoms with Gasteiger partial charge >= 0.3 is 6.03 Å². The molecular formula is C16H20N2O2S. The van der Waals surface area contributed by atoms with Crippen LogP contribution >= 0.6 is 11.8 Å². The van der Waals surface area contributed by atoms with Crippen LogP contribution in [0.3, 0.4) is 0 Å². The van der Waals surface area contributed by atoms with Crippen LogP contribution in [0.5, 0.6) is 0 Å². The Bertz CT molecular complexity index is 561. The topological polar surface area (TPSA) is 49.4 Å². The summed E-state index contributed by atoms with van der Waals surface area (Å²) in [5.41, 5.74) is 2.76. The van der Waals surface area contributed by atoms with Gasteiger partial charge in [-0.2, -0.15) is 0 Å². The van der Waals surface area contributed by atoms with E-state index in [2.05, 4.69) is 29.6 Å². The molecule has 1 aromatic carbocycles. The molecule has 2 atom stereocenters. The molecular weight excluding hydrogens is 284 g/mol. The highest BCUT2D eigenvalue weighted by Crippen LogP contribution is 2.41. The number of hydrogen-bond acceptors (Lipinski definition) is 3. The van der Waals surface area contributed by atoms with Crippen LogP contribution in [0.15, 0.2) is 24.3 Å². The number of amides is 3. The maximum Gasteiger partial charge on any atom is 0.324 e. The van der Waals surface area contributed by atoms with E-state index in [1.165, 1.54) is 22.4 Å². The number of carbonyl (C=O) groups is 2. The molecule has 2 aliphatic rings. The summed E-state index contributed by atoms with van der Waals surface area (Å²) in [4.78, 5) is 25.3. The van der Waals surface area contributed by atoms with Crippen LogP contribution in [0.25, 0.3) is 0 Å². The summed E-state index contributed by atoms with van der Waals surface area (Å²) in [5.74, 6) is -0.0712. The molecule has 0 spiro atoms. The number of nitrogens with one attached hydrogen (secondary N) is 1. The van der Waals surface area contributed by atoms with Gasteiger partial charge in [-0.3, -0.25) is 9.69 Å². The summed E-state index contributed by atoms with van der Waals surface area (Å²) in [6, 6.07) is 8.25. The van der Waals surface area contributed by atoms with Crippen molar-refractivity contribution in [3.63, 3.8) is 0 Å². The van der Waals surface area contributed by atoms with Gasteiger partial charge in [-0.05, 0) is 37.3 Å². The van der Waals surface area contributed by atoms with Crippen LogP contribution in [0.4, 0.5) is 4.79 Å². The number of imide groups is 1. The molecule has 3 rings (SSSR count). The molecule has 5 heteroatoms. The van der Waals surface area contributed by atoms with Gasteiger partial charge in [0.1, 0.15) is 0 Å². The standard InChI is InChI=1S/C16H20N2O2S/c1-11(15(19)18-10-9-17-16(18)20)21-14-8-4-6-12-5-2-3-7-13(12)14/h2-3,5,7,11,14H,4,6,8-10H2,1H3,(H,17,20)/t11-,14-/m1/s1. The normalized spacial score (nSPS) is 22.6. The van der Waals surface area contributed by atoms with E-state index < -0.39 is 0 Å². The number of fused-ring (bicyclic) bond motifs is 1. The number of hydrogen-bond donors (Lipinski definition) is 1. The van der Waals surface area contributed by atoms with Crippen LogP contribution in [-0.4, -0.2) is 35.2 Å². The SMILES string of the molecule is C[C@@H](S[C@@H]1CCCc2ccccc21)C(=O)N1CCNC1=O. The number of benzene rings is 1. The molecule has 3 amide bonds. The molecule has 112 valence electrons. The molecule has 1 aliphatic heterocycles. The molecule has 1 heterocycles. The van der Waals surface area contributed by atoms with Crippen molar-refractivity contribution in [3.05, 3.63) is 35.4 Å². The second-order valence-electron chi connectivity index (χ2n) is 5.58. The third-order valence-corrected chi connectivity index (χ3v) is 5.58. The smallest absolute Gasteiger partial charge is 0.324 e. The molecule has 1 N–H and O–H groups in total. The fraction of sp³-hybridized carbons (Fsp3) is 0.500. The lowest BCUT2D eigenvalue weighted by atomic mass is 9.91. The van der Waals surface area contributed by atoms with E-state index in [-0.39, 0.29) is 17.2 Å². The summed E-state index contributed by atoms with van der Waals surface area (Å²) in [6.45, 7) is 2.97. The van der Waals surface area contributed by atoms with Crippen molar-refractivity contribution in [2.75, 3.05) is 13.1 Å². The predicted molar refractivity (Wildman–Crippen MR) is 84.3 cm³/mol. The second-order valence-corrected chi connectivity index (χ2v) is 7.13. The van der Waals surface area contributed by atoms with Crippen LogP contribution in [-0.2, 0) is 11.2 Å². The summed E-state index contributed by atoms with van der Waals surface area (Å²) in [6.07, 6.45) is 3.40. The maximum absolute atomic E-state index is 12.4. The van der Waals surface area contributed by atoms with E-state index in [0.29, 0.717) is 18.3 Å². The zero-order valence-corrected chi connectivity index (χ0v) is 13.0. The highest BCUT2D eigenvalue weighted by molar-refractivity contribution is 8.00.